The minimum absolute atomic E-state index is 0.181. The number of likely N-dealkylation sites (N-methyl/N-ethyl adjacent to an activating group) is 1. The molecule has 1 aromatic heterocycles. The van der Waals surface area contributed by atoms with Crippen LogP contribution in [0.5, 0.6) is 0 Å². The second-order valence-electron chi connectivity index (χ2n) is 2.74. The first-order chi connectivity index (χ1) is 5.75. The number of nitrogens with one attached hydrogen (secondary N) is 1. The highest BCUT2D eigenvalue weighted by Gasteiger charge is 2.08. The predicted molar refractivity (Wildman–Crippen MR) is 48.6 cm³/mol. The van der Waals surface area contributed by atoms with Crippen molar-refractivity contribution >= 4 is 0 Å². The first kappa shape index (κ1) is 8.87. The van der Waals surface area contributed by atoms with E-state index in [-0.39, 0.29) is 6.04 Å². The van der Waals surface area contributed by atoms with Crippen LogP contribution in [0.3, 0.4) is 0 Å². The highest BCUT2D eigenvalue weighted by atomic mass is 15.1. The molecule has 0 saturated carbocycles. The molecule has 12 heavy (non-hydrogen) atoms. The Hall–Kier alpha value is -1.22. The lowest BCUT2D eigenvalue weighted by atomic mass is 10.0. The average Bonchev–Trinajstić information content (AvgIpc) is 2.07. The van der Waals surface area contributed by atoms with Crippen LogP contribution in [0.15, 0.2) is 30.6 Å². The zero-order valence-electron chi connectivity index (χ0n) is 7.41. The fourth-order valence-corrected chi connectivity index (χ4v) is 1.17. The van der Waals surface area contributed by atoms with E-state index in [0.29, 0.717) is 0 Å². The van der Waals surface area contributed by atoms with E-state index in [1.54, 1.807) is 12.4 Å². The molecule has 1 atom stereocenters. The van der Waals surface area contributed by atoms with Crippen molar-refractivity contribution in [3.8, 4) is 0 Å². The van der Waals surface area contributed by atoms with Gasteiger partial charge < -0.3 is 5.32 Å². The zero-order valence-corrected chi connectivity index (χ0v) is 7.41. The smallest absolute Gasteiger partial charge is 0.0547 e. The van der Waals surface area contributed by atoms with E-state index in [9.17, 15) is 0 Å². The summed E-state index contributed by atoms with van der Waals surface area (Å²) < 4.78 is 0. The van der Waals surface area contributed by atoms with E-state index < -0.39 is 0 Å². The van der Waals surface area contributed by atoms with Crippen molar-refractivity contribution < 1.29 is 0 Å². The molecule has 0 aliphatic heterocycles. The van der Waals surface area contributed by atoms with Gasteiger partial charge in [-0.25, -0.2) is 0 Å². The summed E-state index contributed by atoms with van der Waals surface area (Å²) in [6, 6.07) is 2.11. The van der Waals surface area contributed by atoms with Crippen LogP contribution in [0.25, 0.3) is 0 Å². The lowest BCUT2D eigenvalue weighted by Crippen LogP contribution is -2.17. The van der Waals surface area contributed by atoms with Gasteiger partial charge in [0, 0.05) is 6.20 Å². The highest BCUT2D eigenvalue weighted by molar-refractivity contribution is 5.21. The summed E-state index contributed by atoms with van der Waals surface area (Å²) in [4.78, 5) is 0. The maximum atomic E-state index is 3.89. The summed E-state index contributed by atoms with van der Waals surface area (Å²) in [7, 11) is 1.90. The largest absolute Gasteiger partial charge is 0.310 e. The number of nitrogens with zero attached hydrogens (tertiary/aromatic N) is 2. The van der Waals surface area contributed by atoms with E-state index in [0.717, 1.165) is 11.1 Å². The van der Waals surface area contributed by atoms with Gasteiger partial charge >= 0.3 is 0 Å². The summed E-state index contributed by atoms with van der Waals surface area (Å²) in [5, 5.41) is 10.7. The van der Waals surface area contributed by atoms with Gasteiger partial charge in [-0.3, -0.25) is 0 Å². The van der Waals surface area contributed by atoms with Gasteiger partial charge in [0.2, 0.25) is 0 Å². The van der Waals surface area contributed by atoms with Gasteiger partial charge in [0.15, 0.2) is 0 Å². The van der Waals surface area contributed by atoms with Gasteiger partial charge in [-0.15, -0.1) is 0 Å². The molecule has 0 spiro atoms. The Morgan fingerprint density at radius 3 is 2.75 bits per heavy atom. The quantitative estimate of drug-likeness (QED) is 0.683. The molecule has 3 heteroatoms. The lowest BCUT2D eigenvalue weighted by molar-refractivity contribution is 0.673. The summed E-state index contributed by atoms with van der Waals surface area (Å²) in [5.41, 5.74) is 2.17. The molecule has 1 aromatic rings. The Morgan fingerprint density at radius 1 is 1.58 bits per heavy atom. The molecule has 0 aromatic carbocycles. The molecule has 0 aliphatic carbocycles. The monoisotopic (exact) mass is 163 g/mol. The fraction of sp³-hybridized carbons (Fsp3) is 0.333. The van der Waals surface area contributed by atoms with Crippen molar-refractivity contribution in [2.75, 3.05) is 7.05 Å². The molecule has 1 heterocycles. The summed E-state index contributed by atoms with van der Waals surface area (Å²) >= 11 is 0. The number of rotatable bonds is 3. The van der Waals surface area contributed by atoms with Crippen molar-refractivity contribution in [1.82, 2.24) is 15.5 Å². The lowest BCUT2D eigenvalue weighted by Gasteiger charge is -2.15. The summed E-state index contributed by atoms with van der Waals surface area (Å²) in [5.74, 6) is 0. The third kappa shape index (κ3) is 1.89. The van der Waals surface area contributed by atoms with E-state index in [1.807, 2.05) is 20.0 Å². The number of aromatic nitrogens is 2. The van der Waals surface area contributed by atoms with E-state index >= 15 is 0 Å². The Labute approximate surface area is 72.5 Å². The van der Waals surface area contributed by atoms with Gasteiger partial charge in [0.25, 0.3) is 0 Å². The Bertz CT molecular complexity index is 256. The van der Waals surface area contributed by atoms with Crippen molar-refractivity contribution in [2.45, 2.75) is 13.0 Å². The molecular formula is C9H13N3. The molecular weight excluding hydrogens is 150 g/mol. The van der Waals surface area contributed by atoms with Crippen LogP contribution in [0.4, 0.5) is 0 Å². The summed E-state index contributed by atoms with van der Waals surface area (Å²) in [6.07, 6.45) is 3.43. The second-order valence-corrected chi connectivity index (χ2v) is 2.74. The van der Waals surface area contributed by atoms with Crippen LogP contribution < -0.4 is 5.32 Å². The topological polar surface area (TPSA) is 37.8 Å². The summed E-state index contributed by atoms with van der Waals surface area (Å²) in [6.45, 7) is 5.88. The van der Waals surface area contributed by atoms with Crippen molar-refractivity contribution in [3.63, 3.8) is 0 Å². The van der Waals surface area contributed by atoms with Gasteiger partial charge in [0.1, 0.15) is 0 Å². The normalized spacial score (nSPS) is 12.5. The second kappa shape index (κ2) is 3.97. The van der Waals surface area contributed by atoms with E-state index in [2.05, 4.69) is 22.1 Å². The minimum atomic E-state index is 0.181. The van der Waals surface area contributed by atoms with Crippen LogP contribution >= 0.6 is 0 Å². The van der Waals surface area contributed by atoms with E-state index in [4.69, 9.17) is 0 Å². The standard InChI is InChI=1S/C9H13N3/c1-7(2)9(10-3)8-4-5-11-12-6-8/h4-6,9-10H,1H2,2-3H3. The fourth-order valence-electron chi connectivity index (χ4n) is 1.17. The van der Waals surface area contributed by atoms with Gasteiger partial charge in [-0.05, 0) is 25.6 Å². The highest BCUT2D eigenvalue weighted by Crippen LogP contribution is 2.17. The molecule has 0 radical (unpaired) electrons. The molecule has 1 unspecified atom stereocenters. The molecule has 1 N–H and O–H groups in total. The van der Waals surface area contributed by atoms with Gasteiger partial charge in [-0.1, -0.05) is 12.2 Å². The van der Waals surface area contributed by atoms with Crippen LogP contribution in [0.2, 0.25) is 0 Å². The molecule has 0 aliphatic rings. The first-order valence-corrected chi connectivity index (χ1v) is 3.85. The molecule has 3 nitrogen and oxygen atoms in total. The predicted octanol–water partition coefficient (Wildman–Crippen LogP) is 1.31. The van der Waals surface area contributed by atoms with Crippen LogP contribution in [0.1, 0.15) is 18.5 Å². The average molecular weight is 163 g/mol. The maximum Gasteiger partial charge on any atom is 0.0547 e. The third-order valence-electron chi connectivity index (χ3n) is 1.72. The van der Waals surface area contributed by atoms with Crippen molar-refractivity contribution in [1.29, 1.82) is 0 Å². The number of hydrogen-bond acceptors (Lipinski definition) is 3. The SMILES string of the molecule is C=C(C)C(NC)c1ccnnc1. The first-order valence-electron chi connectivity index (χ1n) is 3.85. The van der Waals surface area contributed by atoms with Crippen LogP contribution in [-0.4, -0.2) is 17.2 Å². The maximum absolute atomic E-state index is 3.89. The van der Waals surface area contributed by atoms with Crippen molar-refractivity contribution in [3.05, 3.63) is 36.2 Å². The molecule has 64 valence electrons. The molecule has 0 bridgehead atoms. The van der Waals surface area contributed by atoms with Gasteiger partial charge in [-0.2, -0.15) is 10.2 Å². The molecule has 0 fully saturated rings. The van der Waals surface area contributed by atoms with Crippen LogP contribution in [0, 0.1) is 0 Å². The Morgan fingerprint density at radius 2 is 2.33 bits per heavy atom. The van der Waals surface area contributed by atoms with Crippen molar-refractivity contribution in [2.24, 2.45) is 0 Å². The van der Waals surface area contributed by atoms with E-state index in [1.165, 1.54) is 0 Å². The Kier molecular flexibility index (Phi) is 2.94. The van der Waals surface area contributed by atoms with Gasteiger partial charge in [0.05, 0.1) is 12.2 Å². The molecule has 0 amide bonds. The molecule has 1 rings (SSSR count). The molecule has 0 saturated heterocycles. The Balaban J connectivity index is 2.88. The van der Waals surface area contributed by atoms with Crippen LogP contribution in [-0.2, 0) is 0 Å². The minimum Gasteiger partial charge on any atom is -0.310 e. The zero-order chi connectivity index (χ0) is 8.97. The number of hydrogen-bond donors (Lipinski definition) is 1. The third-order valence-corrected chi connectivity index (χ3v) is 1.72.